The zero-order valence-electron chi connectivity index (χ0n) is 10.7. The second kappa shape index (κ2) is 6.32. The molecule has 0 atom stereocenters. The SMILES string of the molecule is CN(CCC(=O)O)S(=O)(=O)c1cc(C(F)(F)F)ccc1Br. The zero-order chi connectivity index (χ0) is 16.4. The van der Waals surface area contributed by atoms with Crippen LogP contribution < -0.4 is 0 Å². The number of carbonyl (C=O) groups is 1. The van der Waals surface area contributed by atoms with Crippen molar-refractivity contribution in [1.82, 2.24) is 4.31 Å². The molecule has 0 aliphatic carbocycles. The molecule has 0 saturated heterocycles. The molecule has 1 aromatic carbocycles. The van der Waals surface area contributed by atoms with E-state index in [1.54, 1.807) is 0 Å². The molecule has 118 valence electrons. The summed E-state index contributed by atoms with van der Waals surface area (Å²) in [7, 11) is -3.12. The predicted octanol–water partition coefficient (Wildman–Crippen LogP) is 2.56. The van der Waals surface area contributed by atoms with Crippen molar-refractivity contribution >= 4 is 31.9 Å². The highest BCUT2D eigenvalue weighted by Gasteiger charge is 2.33. The minimum absolute atomic E-state index is 0.0299. The van der Waals surface area contributed by atoms with E-state index in [0.717, 1.165) is 19.2 Å². The van der Waals surface area contributed by atoms with E-state index in [-0.39, 0.29) is 11.0 Å². The van der Waals surface area contributed by atoms with E-state index in [4.69, 9.17) is 5.11 Å². The fourth-order valence-corrected chi connectivity index (χ4v) is 3.54. The first kappa shape index (κ1) is 17.9. The van der Waals surface area contributed by atoms with Crippen LogP contribution in [0.4, 0.5) is 13.2 Å². The Hall–Kier alpha value is -1.13. The van der Waals surface area contributed by atoms with Crippen LogP contribution in [0.1, 0.15) is 12.0 Å². The summed E-state index contributed by atoms with van der Waals surface area (Å²) >= 11 is 2.89. The number of hydrogen-bond donors (Lipinski definition) is 1. The molecule has 10 heteroatoms. The van der Waals surface area contributed by atoms with E-state index in [1.165, 1.54) is 0 Å². The predicted molar refractivity (Wildman–Crippen MR) is 71.2 cm³/mol. The first-order chi connectivity index (χ1) is 9.46. The number of rotatable bonds is 5. The molecule has 0 aromatic heterocycles. The Morgan fingerprint density at radius 3 is 2.43 bits per heavy atom. The lowest BCUT2D eigenvalue weighted by Gasteiger charge is -2.18. The number of carboxylic acids is 1. The number of carboxylic acid groups (broad SMARTS) is 1. The van der Waals surface area contributed by atoms with E-state index in [1.807, 2.05) is 0 Å². The van der Waals surface area contributed by atoms with Gasteiger partial charge in [-0.2, -0.15) is 13.2 Å². The molecular weight excluding hydrogens is 379 g/mol. The molecule has 0 bridgehead atoms. The van der Waals surface area contributed by atoms with E-state index >= 15 is 0 Å². The van der Waals surface area contributed by atoms with Crippen LogP contribution in [0.25, 0.3) is 0 Å². The van der Waals surface area contributed by atoms with Crippen LogP contribution >= 0.6 is 15.9 Å². The topological polar surface area (TPSA) is 74.7 Å². The molecule has 0 aliphatic rings. The second-order valence-corrected chi connectivity index (χ2v) is 6.98. The summed E-state index contributed by atoms with van der Waals surface area (Å²) in [6.07, 6.45) is -5.13. The highest BCUT2D eigenvalue weighted by Crippen LogP contribution is 2.34. The molecule has 1 rings (SSSR count). The number of hydrogen-bond acceptors (Lipinski definition) is 3. The molecule has 1 N–H and O–H groups in total. The largest absolute Gasteiger partial charge is 0.481 e. The summed E-state index contributed by atoms with van der Waals surface area (Å²) in [5.41, 5.74) is -1.10. The van der Waals surface area contributed by atoms with Crippen LogP contribution in [-0.2, 0) is 21.0 Å². The monoisotopic (exact) mass is 389 g/mol. The van der Waals surface area contributed by atoms with E-state index < -0.39 is 39.0 Å². The van der Waals surface area contributed by atoms with Crippen molar-refractivity contribution in [1.29, 1.82) is 0 Å². The van der Waals surface area contributed by atoms with Crippen molar-refractivity contribution < 1.29 is 31.5 Å². The van der Waals surface area contributed by atoms with Crippen LogP contribution in [0.2, 0.25) is 0 Å². The molecule has 1 aromatic rings. The maximum Gasteiger partial charge on any atom is 0.416 e. The summed E-state index contributed by atoms with van der Waals surface area (Å²) in [5, 5.41) is 8.52. The van der Waals surface area contributed by atoms with Gasteiger partial charge in [-0.15, -0.1) is 0 Å². The van der Waals surface area contributed by atoms with Crippen molar-refractivity contribution in [2.24, 2.45) is 0 Å². The third kappa shape index (κ3) is 4.42. The van der Waals surface area contributed by atoms with Gasteiger partial charge in [0, 0.05) is 18.1 Å². The first-order valence-electron chi connectivity index (χ1n) is 5.51. The number of alkyl halides is 3. The number of sulfonamides is 1. The van der Waals surface area contributed by atoms with Crippen molar-refractivity contribution in [3.8, 4) is 0 Å². The Labute approximate surface area is 127 Å². The Morgan fingerprint density at radius 1 is 1.38 bits per heavy atom. The molecule has 0 unspecified atom stereocenters. The van der Waals surface area contributed by atoms with Gasteiger partial charge in [-0.3, -0.25) is 4.79 Å². The first-order valence-corrected chi connectivity index (χ1v) is 7.74. The van der Waals surface area contributed by atoms with Gasteiger partial charge in [0.2, 0.25) is 10.0 Å². The van der Waals surface area contributed by atoms with Crippen molar-refractivity contribution in [2.45, 2.75) is 17.5 Å². The molecule has 0 fully saturated rings. The number of halogens is 4. The van der Waals surface area contributed by atoms with E-state index in [2.05, 4.69) is 15.9 Å². The van der Waals surface area contributed by atoms with Gasteiger partial charge < -0.3 is 5.11 Å². The number of aliphatic carboxylic acids is 1. The Bertz CT molecular complexity index is 645. The lowest BCUT2D eigenvalue weighted by Crippen LogP contribution is -2.29. The molecule has 0 spiro atoms. The van der Waals surface area contributed by atoms with Crippen molar-refractivity contribution in [3.05, 3.63) is 28.2 Å². The Kier molecular flexibility index (Phi) is 5.40. The highest BCUT2D eigenvalue weighted by atomic mass is 79.9. The van der Waals surface area contributed by atoms with Gasteiger partial charge in [0.25, 0.3) is 0 Å². The third-order valence-corrected chi connectivity index (χ3v) is 5.44. The lowest BCUT2D eigenvalue weighted by molar-refractivity contribution is -0.138. The molecule has 0 heterocycles. The quantitative estimate of drug-likeness (QED) is 0.839. The summed E-state index contributed by atoms with van der Waals surface area (Å²) < 4.78 is 63.0. The van der Waals surface area contributed by atoms with Gasteiger partial charge in [-0.1, -0.05) is 0 Å². The highest BCUT2D eigenvalue weighted by molar-refractivity contribution is 9.10. The van der Waals surface area contributed by atoms with Crippen LogP contribution in [0.15, 0.2) is 27.6 Å². The summed E-state index contributed by atoms with van der Waals surface area (Å²) in [6, 6.07) is 2.25. The molecule has 0 saturated carbocycles. The second-order valence-electron chi connectivity index (χ2n) is 4.11. The zero-order valence-corrected chi connectivity index (χ0v) is 13.1. The molecule has 5 nitrogen and oxygen atoms in total. The molecule has 0 amide bonds. The van der Waals surface area contributed by atoms with Crippen LogP contribution in [0.5, 0.6) is 0 Å². The Morgan fingerprint density at radius 2 is 1.95 bits per heavy atom. The van der Waals surface area contributed by atoms with Crippen LogP contribution in [0, 0.1) is 0 Å². The van der Waals surface area contributed by atoms with Crippen molar-refractivity contribution in [3.63, 3.8) is 0 Å². The molecule has 0 aliphatic heterocycles. The van der Waals surface area contributed by atoms with E-state index in [0.29, 0.717) is 10.4 Å². The minimum Gasteiger partial charge on any atom is -0.481 e. The van der Waals surface area contributed by atoms with Crippen LogP contribution in [0.3, 0.4) is 0 Å². The summed E-state index contributed by atoms with van der Waals surface area (Å²) in [6.45, 7) is -0.347. The number of nitrogens with zero attached hydrogens (tertiary/aromatic N) is 1. The van der Waals surface area contributed by atoms with Gasteiger partial charge in [0.15, 0.2) is 0 Å². The third-order valence-electron chi connectivity index (χ3n) is 2.59. The van der Waals surface area contributed by atoms with Gasteiger partial charge in [-0.25, -0.2) is 12.7 Å². The molecule has 21 heavy (non-hydrogen) atoms. The average Bonchev–Trinajstić information content (AvgIpc) is 2.34. The lowest BCUT2D eigenvalue weighted by atomic mass is 10.2. The maximum absolute atomic E-state index is 12.6. The van der Waals surface area contributed by atoms with E-state index in [9.17, 15) is 26.4 Å². The molecule has 0 radical (unpaired) electrons. The van der Waals surface area contributed by atoms with Gasteiger partial charge in [-0.05, 0) is 34.1 Å². The number of benzene rings is 1. The Balaban J connectivity index is 3.21. The van der Waals surface area contributed by atoms with Crippen LogP contribution in [-0.4, -0.2) is 37.4 Å². The standard InChI is InChI=1S/C11H11BrF3NO4S/c1-16(5-4-10(17)18)21(19,20)9-6-7(11(13,14)15)2-3-8(9)12/h2-3,6H,4-5H2,1H3,(H,17,18). The molecular formula is C11H11BrF3NO4S. The fraction of sp³-hybridized carbons (Fsp3) is 0.364. The summed E-state index contributed by atoms with van der Waals surface area (Å²) in [5.74, 6) is -1.21. The smallest absolute Gasteiger partial charge is 0.416 e. The summed E-state index contributed by atoms with van der Waals surface area (Å²) in [4.78, 5) is 9.88. The van der Waals surface area contributed by atoms with Crippen molar-refractivity contribution in [2.75, 3.05) is 13.6 Å². The fourth-order valence-electron chi connectivity index (χ4n) is 1.42. The maximum atomic E-state index is 12.6. The van der Waals surface area contributed by atoms with Gasteiger partial charge in [0.05, 0.1) is 16.9 Å². The normalized spacial score (nSPS) is 12.7. The average molecular weight is 390 g/mol. The van der Waals surface area contributed by atoms with Gasteiger partial charge >= 0.3 is 12.1 Å². The van der Waals surface area contributed by atoms with Gasteiger partial charge in [0.1, 0.15) is 0 Å². The minimum atomic E-state index is -4.68.